The van der Waals surface area contributed by atoms with Gasteiger partial charge in [-0.15, -0.1) is 0 Å². The molecule has 2 aliphatic heterocycles. The smallest absolute Gasteiger partial charge is 0.273 e. The SMILES string of the molecule is CC[C@@H]1CSC2=N[C@H](c3ccccn3)[C@@H](c3ccc(-c4ccc([N+](=O)[O-])cc4OC)o3)N21. The number of nitro benzene ring substituents is 1. The van der Waals surface area contributed by atoms with Crippen LogP contribution in [0.1, 0.15) is 36.9 Å². The monoisotopic (exact) mass is 450 g/mol. The van der Waals surface area contributed by atoms with Crippen LogP contribution < -0.4 is 4.74 Å². The van der Waals surface area contributed by atoms with Crippen LogP contribution in [0.5, 0.6) is 5.75 Å². The molecular weight excluding hydrogens is 428 g/mol. The predicted octanol–water partition coefficient (Wildman–Crippen LogP) is 5.24. The molecule has 0 radical (unpaired) electrons. The Balaban J connectivity index is 1.55. The number of hydrogen-bond acceptors (Lipinski definition) is 8. The van der Waals surface area contributed by atoms with Crippen LogP contribution in [-0.4, -0.2) is 38.9 Å². The van der Waals surface area contributed by atoms with E-state index < -0.39 is 4.92 Å². The second kappa shape index (κ2) is 8.31. The van der Waals surface area contributed by atoms with Crippen LogP contribution in [0.15, 0.2) is 64.1 Å². The molecule has 1 aromatic carbocycles. The lowest BCUT2D eigenvalue weighted by Gasteiger charge is -2.30. The Morgan fingerprint density at radius 3 is 2.88 bits per heavy atom. The first-order valence-electron chi connectivity index (χ1n) is 10.4. The second-order valence-electron chi connectivity index (χ2n) is 7.68. The molecule has 164 valence electrons. The third kappa shape index (κ3) is 3.42. The van der Waals surface area contributed by atoms with Crippen molar-refractivity contribution in [1.29, 1.82) is 0 Å². The van der Waals surface area contributed by atoms with Gasteiger partial charge in [0.2, 0.25) is 0 Å². The molecule has 9 heteroatoms. The van der Waals surface area contributed by atoms with Crippen LogP contribution in [0.4, 0.5) is 5.69 Å². The Morgan fingerprint density at radius 2 is 2.16 bits per heavy atom. The summed E-state index contributed by atoms with van der Waals surface area (Å²) in [4.78, 5) is 22.6. The van der Waals surface area contributed by atoms with Crippen LogP contribution in [0.2, 0.25) is 0 Å². The number of amidine groups is 1. The van der Waals surface area contributed by atoms with Crippen LogP contribution in [0.25, 0.3) is 11.3 Å². The molecule has 5 rings (SSSR count). The van der Waals surface area contributed by atoms with Crippen molar-refractivity contribution in [3.63, 3.8) is 0 Å². The van der Waals surface area contributed by atoms with Gasteiger partial charge in [0, 0.05) is 24.1 Å². The molecule has 0 N–H and O–H groups in total. The molecule has 4 heterocycles. The van der Waals surface area contributed by atoms with Crippen LogP contribution >= 0.6 is 11.8 Å². The standard InChI is InChI=1S/C23H22N4O4S/c1-3-14-13-32-23-25-21(17-6-4-5-11-24-17)22(26(14)23)19-10-9-18(31-19)16-8-7-15(27(28)29)12-20(16)30-2/h4-12,14,21-22H,3,13H2,1-2H3/t14-,21-,22-/m1/s1. The first-order chi connectivity index (χ1) is 15.6. The van der Waals surface area contributed by atoms with E-state index in [2.05, 4.69) is 16.8 Å². The predicted molar refractivity (Wildman–Crippen MR) is 123 cm³/mol. The number of thioether (sulfide) groups is 1. The average Bonchev–Trinajstić information content (AvgIpc) is 3.54. The number of aliphatic imine (C=N–C) groups is 1. The van der Waals surface area contributed by atoms with Crippen molar-refractivity contribution < 1.29 is 14.1 Å². The van der Waals surface area contributed by atoms with E-state index in [0.717, 1.165) is 28.8 Å². The number of non-ortho nitro benzene ring substituents is 1. The summed E-state index contributed by atoms with van der Waals surface area (Å²) < 4.78 is 11.8. The number of furan rings is 1. The maximum atomic E-state index is 11.1. The van der Waals surface area contributed by atoms with Crippen molar-refractivity contribution in [2.24, 2.45) is 4.99 Å². The van der Waals surface area contributed by atoms with Gasteiger partial charge in [-0.25, -0.2) is 4.99 Å². The highest BCUT2D eigenvalue weighted by Gasteiger charge is 2.47. The number of aromatic nitrogens is 1. The van der Waals surface area contributed by atoms with Gasteiger partial charge in [0.05, 0.1) is 29.4 Å². The van der Waals surface area contributed by atoms with Gasteiger partial charge >= 0.3 is 0 Å². The highest BCUT2D eigenvalue weighted by Crippen LogP contribution is 2.49. The van der Waals surface area contributed by atoms with Crippen molar-refractivity contribution in [2.75, 3.05) is 12.9 Å². The molecule has 1 saturated heterocycles. The van der Waals surface area contributed by atoms with Crippen molar-refractivity contribution >= 4 is 22.6 Å². The number of fused-ring (bicyclic) bond motifs is 1. The van der Waals surface area contributed by atoms with Gasteiger partial charge in [0.1, 0.15) is 29.4 Å². The molecule has 0 amide bonds. The number of pyridine rings is 1. The zero-order valence-corrected chi connectivity index (χ0v) is 18.5. The Morgan fingerprint density at radius 1 is 1.28 bits per heavy atom. The Kier molecular flexibility index (Phi) is 5.34. The van der Waals surface area contributed by atoms with E-state index in [1.165, 1.54) is 19.2 Å². The van der Waals surface area contributed by atoms with Gasteiger partial charge in [-0.1, -0.05) is 24.8 Å². The van der Waals surface area contributed by atoms with E-state index in [0.29, 0.717) is 23.1 Å². The first-order valence-corrected chi connectivity index (χ1v) is 11.4. The lowest BCUT2D eigenvalue weighted by atomic mass is 10.0. The van der Waals surface area contributed by atoms with Crippen molar-refractivity contribution in [3.8, 4) is 17.1 Å². The maximum absolute atomic E-state index is 11.1. The highest BCUT2D eigenvalue weighted by atomic mass is 32.2. The minimum atomic E-state index is -0.440. The van der Waals surface area contributed by atoms with Crippen molar-refractivity contribution in [2.45, 2.75) is 31.5 Å². The number of benzene rings is 1. The molecule has 0 saturated carbocycles. The molecule has 2 aliphatic rings. The van der Waals surface area contributed by atoms with E-state index in [1.807, 2.05) is 30.3 Å². The summed E-state index contributed by atoms with van der Waals surface area (Å²) in [5.41, 5.74) is 1.54. The number of rotatable bonds is 6. The third-order valence-electron chi connectivity index (χ3n) is 5.91. The van der Waals surface area contributed by atoms with E-state index >= 15 is 0 Å². The van der Waals surface area contributed by atoms with Gasteiger partial charge in [0.25, 0.3) is 5.69 Å². The van der Waals surface area contributed by atoms with E-state index in [4.69, 9.17) is 14.1 Å². The Hall–Kier alpha value is -3.33. The fraction of sp³-hybridized carbons (Fsp3) is 0.304. The minimum absolute atomic E-state index is 0.0266. The summed E-state index contributed by atoms with van der Waals surface area (Å²) in [6, 6.07) is 14.4. The lowest BCUT2D eigenvalue weighted by molar-refractivity contribution is -0.384. The molecule has 0 unspecified atom stereocenters. The van der Waals surface area contributed by atoms with Gasteiger partial charge < -0.3 is 14.1 Å². The van der Waals surface area contributed by atoms with Crippen LogP contribution in [-0.2, 0) is 0 Å². The lowest BCUT2D eigenvalue weighted by Crippen LogP contribution is -2.35. The van der Waals surface area contributed by atoms with Gasteiger partial charge in [-0.05, 0) is 36.8 Å². The largest absolute Gasteiger partial charge is 0.496 e. The third-order valence-corrected chi connectivity index (χ3v) is 7.03. The molecule has 3 aromatic rings. The molecule has 0 aliphatic carbocycles. The summed E-state index contributed by atoms with van der Waals surface area (Å²) in [6.45, 7) is 2.19. The Labute approximate surface area is 189 Å². The molecule has 0 spiro atoms. The zero-order valence-electron chi connectivity index (χ0n) is 17.7. The number of hydrogen-bond donors (Lipinski definition) is 0. The summed E-state index contributed by atoms with van der Waals surface area (Å²) in [7, 11) is 1.49. The van der Waals surface area contributed by atoms with E-state index in [9.17, 15) is 10.1 Å². The minimum Gasteiger partial charge on any atom is -0.496 e. The number of ether oxygens (including phenoxy) is 1. The van der Waals surface area contributed by atoms with Crippen molar-refractivity contribution in [3.05, 3.63) is 76.3 Å². The number of nitrogens with zero attached hydrogens (tertiary/aromatic N) is 4. The first kappa shape index (κ1) is 20.6. The Bertz CT molecular complexity index is 1180. The summed E-state index contributed by atoms with van der Waals surface area (Å²) in [5.74, 6) is 2.79. The summed E-state index contributed by atoms with van der Waals surface area (Å²) >= 11 is 1.78. The molecular formula is C23H22N4O4S. The van der Waals surface area contributed by atoms with Crippen LogP contribution in [0.3, 0.4) is 0 Å². The van der Waals surface area contributed by atoms with Crippen molar-refractivity contribution in [1.82, 2.24) is 9.88 Å². The van der Waals surface area contributed by atoms with Gasteiger partial charge in [-0.3, -0.25) is 15.1 Å². The van der Waals surface area contributed by atoms with E-state index in [1.54, 1.807) is 24.0 Å². The summed E-state index contributed by atoms with van der Waals surface area (Å²) in [5, 5.41) is 12.2. The molecule has 3 atom stereocenters. The molecule has 8 nitrogen and oxygen atoms in total. The number of methoxy groups -OCH3 is 1. The van der Waals surface area contributed by atoms with Crippen LogP contribution in [0, 0.1) is 10.1 Å². The molecule has 2 aromatic heterocycles. The average molecular weight is 451 g/mol. The normalized spacial score (nSPS) is 22.0. The topological polar surface area (TPSA) is 94.0 Å². The molecule has 0 bridgehead atoms. The second-order valence-corrected chi connectivity index (χ2v) is 8.67. The highest BCUT2D eigenvalue weighted by molar-refractivity contribution is 8.14. The quantitative estimate of drug-likeness (QED) is 0.374. The van der Waals surface area contributed by atoms with E-state index in [-0.39, 0.29) is 17.8 Å². The molecule has 1 fully saturated rings. The molecule has 32 heavy (non-hydrogen) atoms. The number of nitro groups is 1. The van der Waals surface area contributed by atoms with Gasteiger partial charge in [-0.2, -0.15) is 0 Å². The zero-order chi connectivity index (χ0) is 22.2. The summed E-state index contributed by atoms with van der Waals surface area (Å²) in [6.07, 6.45) is 2.80. The fourth-order valence-electron chi connectivity index (χ4n) is 4.31. The van der Waals surface area contributed by atoms with Gasteiger partial charge in [0.15, 0.2) is 5.17 Å². The maximum Gasteiger partial charge on any atom is 0.273 e. The fourth-order valence-corrected chi connectivity index (χ4v) is 5.65.